The van der Waals surface area contributed by atoms with Crippen molar-refractivity contribution in [1.29, 1.82) is 0 Å². The molecule has 0 aliphatic rings. The lowest BCUT2D eigenvalue weighted by Crippen LogP contribution is -2.25. The number of aromatic nitrogens is 3. The lowest BCUT2D eigenvalue weighted by atomic mass is 10.2. The van der Waals surface area contributed by atoms with E-state index in [4.69, 9.17) is 4.42 Å². The van der Waals surface area contributed by atoms with E-state index in [9.17, 15) is 4.79 Å². The Morgan fingerprint density at radius 1 is 1.17 bits per heavy atom. The minimum atomic E-state index is -0.108. The van der Waals surface area contributed by atoms with Crippen molar-refractivity contribution in [3.63, 3.8) is 0 Å². The first-order chi connectivity index (χ1) is 11.2. The fourth-order valence-electron chi connectivity index (χ4n) is 2.12. The molecule has 0 atom stereocenters. The molecule has 0 unspecified atom stereocenters. The number of pyridine rings is 2. The second kappa shape index (κ2) is 6.83. The predicted octanol–water partition coefficient (Wildman–Crippen LogP) is 2.30. The van der Waals surface area contributed by atoms with E-state index < -0.39 is 0 Å². The highest BCUT2D eigenvalue weighted by Gasteiger charge is 2.14. The van der Waals surface area contributed by atoms with E-state index in [2.05, 4.69) is 20.3 Å². The van der Waals surface area contributed by atoms with E-state index in [1.807, 2.05) is 24.3 Å². The highest BCUT2D eigenvalue weighted by molar-refractivity contribution is 5.78. The molecular weight excluding hydrogens is 292 g/mol. The average Bonchev–Trinajstić information content (AvgIpc) is 2.95. The highest BCUT2D eigenvalue weighted by atomic mass is 16.4. The van der Waals surface area contributed by atoms with E-state index in [1.54, 1.807) is 31.7 Å². The molecule has 3 aromatic rings. The molecule has 0 radical (unpaired) electrons. The molecule has 3 heterocycles. The van der Waals surface area contributed by atoms with Crippen LogP contribution < -0.4 is 5.32 Å². The first kappa shape index (κ1) is 14.9. The van der Waals surface area contributed by atoms with Crippen LogP contribution in [0.5, 0.6) is 0 Å². The Balaban J connectivity index is 1.64. The monoisotopic (exact) mass is 308 g/mol. The third-order valence-corrected chi connectivity index (χ3v) is 3.34. The van der Waals surface area contributed by atoms with Crippen LogP contribution in [0, 0.1) is 6.92 Å². The number of amides is 1. The van der Waals surface area contributed by atoms with Crippen molar-refractivity contribution in [2.24, 2.45) is 0 Å². The number of rotatable bonds is 5. The molecule has 3 rings (SSSR count). The second-order valence-electron chi connectivity index (χ2n) is 5.08. The van der Waals surface area contributed by atoms with Crippen LogP contribution in [-0.4, -0.2) is 20.9 Å². The van der Waals surface area contributed by atoms with Crippen molar-refractivity contribution in [3.05, 3.63) is 66.1 Å². The summed E-state index contributed by atoms with van der Waals surface area (Å²) in [5.74, 6) is 1.01. The van der Waals surface area contributed by atoms with E-state index in [-0.39, 0.29) is 12.3 Å². The molecule has 0 saturated carbocycles. The van der Waals surface area contributed by atoms with Gasteiger partial charge in [-0.2, -0.15) is 0 Å². The van der Waals surface area contributed by atoms with Crippen molar-refractivity contribution in [2.45, 2.75) is 19.9 Å². The first-order valence-electron chi connectivity index (χ1n) is 7.24. The second-order valence-corrected chi connectivity index (χ2v) is 5.08. The fraction of sp³-hybridized carbons (Fsp3) is 0.176. The number of hydrogen-bond donors (Lipinski definition) is 1. The molecule has 23 heavy (non-hydrogen) atoms. The van der Waals surface area contributed by atoms with Gasteiger partial charge in [0.1, 0.15) is 5.76 Å². The lowest BCUT2D eigenvalue weighted by molar-refractivity contribution is -0.120. The van der Waals surface area contributed by atoms with Crippen LogP contribution in [0.25, 0.3) is 11.5 Å². The summed E-state index contributed by atoms with van der Waals surface area (Å²) in [5, 5.41) is 2.85. The number of hydrogen-bond acceptors (Lipinski definition) is 5. The number of aryl methyl sites for hydroxylation is 1. The van der Waals surface area contributed by atoms with Gasteiger partial charge in [-0.1, -0.05) is 6.07 Å². The maximum absolute atomic E-state index is 12.1. The van der Waals surface area contributed by atoms with E-state index in [1.165, 1.54) is 0 Å². The SMILES string of the molecule is Cc1oc(-c2cccnc2)nc1CC(=O)NCc1cccnc1. The van der Waals surface area contributed by atoms with Crippen molar-refractivity contribution >= 4 is 5.91 Å². The Bertz CT molecular complexity index is 785. The zero-order valence-corrected chi connectivity index (χ0v) is 12.7. The van der Waals surface area contributed by atoms with Gasteiger partial charge in [-0.05, 0) is 30.7 Å². The molecule has 0 fully saturated rings. The van der Waals surface area contributed by atoms with Crippen LogP contribution in [0.15, 0.2) is 53.5 Å². The Morgan fingerprint density at radius 3 is 2.65 bits per heavy atom. The summed E-state index contributed by atoms with van der Waals surface area (Å²) in [7, 11) is 0. The molecule has 0 aromatic carbocycles. The molecule has 0 aliphatic carbocycles. The normalized spacial score (nSPS) is 10.5. The van der Waals surface area contributed by atoms with Crippen LogP contribution in [0.4, 0.5) is 0 Å². The molecule has 6 nitrogen and oxygen atoms in total. The van der Waals surface area contributed by atoms with Gasteiger partial charge >= 0.3 is 0 Å². The van der Waals surface area contributed by atoms with Gasteiger partial charge < -0.3 is 9.73 Å². The summed E-state index contributed by atoms with van der Waals surface area (Å²) in [6.45, 7) is 2.25. The number of carbonyl (C=O) groups is 1. The van der Waals surface area contributed by atoms with Gasteiger partial charge in [-0.25, -0.2) is 4.98 Å². The van der Waals surface area contributed by atoms with Gasteiger partial charge in [0.25, 0.3) is 0 Å². The molecule has 116 valence electrons. The number of nitrogens with one attached hydrogen (secondary N) is 1. The predicted molar refractivity (Wildman–Crippen MR) is 84.3 cm³/mol. The van der Waals surface area contributed by atoms with Crippen molar-refractivity contribution in [2.75, 3.05) is 0 Å². The van der Waals surface area contributed by atoms with Crippen molar-refractivity contribution in [1.82, 2.24) is 20.3 Å². The maximum Gasteiger partial charge on any atom is 0.228 e. The van der Waals surface area contributed by atoms with Crippen molar-refractivity contribution < 1.29 is 9.21 Å². The van der Waals surface area contributed by atoms with Gasteiger partial charge in [-0.3, -0.25) is 14.8 Å². The zero-order chi connectivity index (χ0) is 16.1. The minimum absolute atomic E-state index is 0.108. The third-order valence-electron chi connectivity index (χ3n) is 3.34. The summed E-state index contributed by atoms with van der Waals surface area (Å²) in [5.41, 5.74) is 2.37. The molecule has 0 saturated heterocycles. The van der Waals surface area contributed by atoms with Crippen molar-refractivity contribution in [3.8, 4) is 11.5 Å². The van der Waals surface area contributed by atoms with Crippen LogP contribution in [0.2, 0.25) is 0 Å². The highest BCUT2D eigenvalue weighted by Crippen LogP contribution is 2.20. The molecule has 6 heteroatoms. The standard InChI is InChI=1S/C17H16N4O2/c1-12-15(21-17(23-12)14-5-3-7-19-11-14)8-16(22)20-10-13-4-2-6-18-9-13/h2-7,9,11H,8,10H2,1H3,(H,20,22). The lowest BCUT2D eigenvalue weighted by Gasteiger charge is -2.03. The van der Waals surface area contributed by atoms with E-state index in [0.29, 0.717) is 23.9 Å². The number of carbonyl (C=O) groups excluding carboxylic acids is 1. The van der Waals surface area contributed by atoms with Crippen LogP contribution in [0.3, 0.4) is 0 Å². The molecule has 3 aromatic heterocycles. The van der Waals surface area contributed by atoms with E-state index in [0.717, 1.165) is 11.1 Å². The molecule has 1 N–H and O–H groups in total. The molecule has 1 amide bonds. The summed E-state index contributed by atoms with van der Waals surface area (Å²) in [6, 6.07) is 7.43. The number of nitrogens with zero attached hydrogens (tertiary/aromatic N) is 3. The Labute approximate surface area is 133 Å². The molecule has 0 bridgehead atoms. The first-order valence-corrected chi connectivity index (χ1v) is 7.24. The Kier molecular flexibility index (Phi) is 4.42. The minimum Gasteiger partial charge on any atom is -0.441 e. The zero-order valence-electron chi connectivity index (χ0n) is 12.7. The van der Waals surface area contributed by atoms with Gasteiger partial charge in [0, 0.05) is 31.3 Å². The summed E-state index contributed by atoms with van der Waals surface area (Å²) < 4.78 is 5.62. The van der Waals surface area contributed by atoms with Gasteiger partial charge in [0.15, 0.2) is 0 Å². The Hall–Kier alpha value is -3.02. The smallest absolute Gasteiger partial charge is 0.228 e. The fourth-order valence-corrected chi connectivity index (χ4v) is 2.12. The maximum atomic E-state index is 12.1. The average molecular weight is 308 g/mol. The van der Waals surface area contributed by atoms with Gasteiger partial charge in [0.05, 0.1) is 17.7 Å². The molecule has 0 spiro atoms. The van der Waals surface area contributed by atoms with E-state index >= 15 is 0 Å². The van der Waals surface area contributed by atoms with Crippen LogP contribution in [-0.2, 0) is 17.8 Å². The quantitative estimate of drug-likeness (QED) is 0.782. The largest absolute Gasteiger partial charge is 0.441 e. The molecular formula is C17H16N4O2. The number of oxazole rings is 1. The third kappa shape index (κ3) is 3.79. The topological polar surface area (TPSA) is 80.9 Å². The molecule has 0 aliphatic heterocycles. The van der Waals surface area contributed by atoms with Gasteiger partial charge in [-0.15, -0.1) is 0 Å². The van der Waals surface area contributed by atoms with Crippen LogP contribution in [0.1, 0.15) is 17.0 Å². The van der Waals surface area contributed by atoms with Gasteiger partial charge in [0.2, 0.25) is 11.8 Å². The van der Waals surface area contributed by atoms with Crippen LogP contribution >= 0.6 is 0 Å². The summed E-state index contributed by atoms with van der Waals surface area (Å²) >= 11 is 0. The summed E-state index contributed by atoms with van der Waals surface area (Å²) in [6.07, 6.45) is 6.96. The summed E-state index contributed by atoms with van der Waals surface area (Å²) in [4.78, 5) is 24.5. The Morgan fingerprint density at radius 2 is 1.96 bits per heavy atom.